The van der Waals surface area contributed by atoms with Crippen LogP contribution in [0.1, 0.15) is 11.1 Å². The number of hydrogen-bond donors (Lipinski definition) is 1. The zero-order valence-electron chi connectivity index (χ0n) is 9.11. The minimum absolute atomic E-state index is 0.0272. The van der Waals surface area contributed by atoms with E-state index in [9.17, 15) is 4.79 Å². The highest BCUT2D eigenvalue weighted by Gasteiger charge is 2.14. The van der Waals surface area contributed by atoms with Crippen LogP contribution in [0.4, 0.5) is 5.69 Å². The Kier molecular flexibility index (Phi) is 3.72. The summed E-state index contributed by atoms with van der Waals surface area (Å²) in [5.74, 6) is -0.0464. The lowest BCUT2D eigenvalue weighted by Crippen LogP contribution is -2.07. The molecule has 0 fully saturated rings. The SMILES string of the molecule is COC(=O)Cc1cc(N)cc(C#N)c1OC. The maximum Gasteiger partial charge on any atom is 0.310 e. The van der Waals surface area contributed by atoms with Gasteiger partial charge in [-0.05, 0) is 12.1 Å². The van der Waals surface area contributed by atoms with Crippen LogP contribution in [0.25, 0.3) is 0 Å². The molecule has 2 N–H and O–H groups in total. The molecule has 84 valence electrons. The normalized spacial score (nSPS) is 9.31. The van der Waals surface area contributed by atoms with Crippen molar-refractivity contribution in [2.75, 3.05) is 20.0 Å². The van der Waals surface area contributed by atoms with Crippen molar-refractivity contribution in [3.05, 3.63) is 23.3 Å². The van der Waals surface area contributed by atoms with Crippen LogP contribution in [0.2, 0.25) is 0 Å². The minimum atomic E-state index is -0.409. The quantitative estimate of drug-likeness (QED) is 0.603. The molecule has 0 radical (unpaired) electrons. The van der Waals surface area contributed by atoms with Gasteiger partial charge in [-0.3, -0.25) is 4.79 Å². The van der Waals surface area contributed by atoms with E-state index in [0.29, 0.717) is 22.6 Å². The van der Waals surface area contributed by atoms with Crippen LogP contribution in [-0.4, -0.2) is 20.2 Å². The van der Waals surface area contributed by atoms with E-state index in [4.69, 9.17) is 15.7 Å². The molecule has 0 aliphatic heterocycles. The van der Waals surface area contributed by atoms with Crippen molar-refractivity contribution >= 4 is 11.7 Å². The summed E-state index contributed by atoms with van der Waals surface area (Å²) in [6.45, 7) is 0. The number of nitrogens with zero attached hydrogens (tertiary/aromatic N) is 1. The Morgan fingerprint density at radius 2 is 2.19 bits per heavy atom. The van der Waals surface area contributed by atoms with Gasteiger partial charge in [0.05, 0.1) is 26.2 Å². The molecule has 1 rings (SSSR count). The van der Waals surface area contributed by atoms with Gasteiger partial charge in [0.15, 0.2) is 0 Å². The molecule has 0 amide bonds. The van der Waals surface area contributed by atoms with E-state index in [1.54, 1.807) is 6.07 Å². The van der Waals surface area contributed by atoms with E-state index in [1.807, 2.05) is 6.07 Å². The van der Waals surface area contributed by atoms with Crippen molar-refractivity contribution in [3.8, 4) is 11.8 Å². The summed E-state index contributed by atoms with van der Waals surface area (Å²) in [7, 11) is 2.74. The van der Waals surface area contributed by atoms with Crippen molar-refractivity contribution < 1.29 is 14.3 Å². The molecule has 0 saturated carbocycles. The lowest BCUT2D eigenvalue weighted by Gasteiger charge is -2.10. The lowest BCUT2D eigenvalue weighted by atomic mass is 10.1. The zero-order valence-corrected chi connectivity index (χ0v) is 9.11. The van der Waals surface area contributed by atoms with Gasteiger partial charge in [0.1, 0.15) is 11.8 Å². The fraction of sp³-hybridized carbons (Fsp3) is 0.273. The molecule has 0 aliphatic carbocycles. The molecule has 16 heavy (non-hydrogen) atoms. The molecule has 5 nitrogen and oxygen atoms in total. The van der Waals surface area contributed by atoms with Gasteiger partial charge >= 0.3 is 5.97 Å². The van der Waals surface area contributed by atoms with E-state index in [-0.39, 0.29) is 6.42 Å². The lowest BCUT2D eigenvalue weighted by molar-refractivity contribution is -0.139. The summed E-state index contributed by atoms with van der Waals surface area (Å²) >= 11 is 0. The highest BCUT2D eigenvalue weighted by Crippen LogP contribution is 2.27. The Labute approximate surface area is 93.4 Å². The Hall–Kier alpha value is -2.22. The smallest absolute Gasteiger partial charge is 0.310 e. The Bertz CT molecular complexity index is 449. The van der Waals surface area contributed by atoms with Crippen molar-refractivity contribution in [1.29, 1.82) is 5.26 Å². The van der Waals surface area contributed by atoms with E-state index in [0.717, 1.165) is 0 Å². The van der Waals surface area contributed by atoms with Crippen LogP contribution < -0.4 is 10.5 Å². The van der Waals surface area contributed by atoms with Crippen LogP contribution in [0.3, 0.4) is 0 Å². The van der Waals surface area contributed by atoms with Crippen LogP contribution in [0.15, 0.2) is 12.1 Å². The molecule has 0 aliphatic rings. The third-order valence-electron chi connectivity index (χ3n) is 2.08. The minimum Gasteiger partial charge on any atom is -0.495 e. The summed E-state index contributed by atoms with van der Waals surface area (Å²) in [4.78, 5) is 11.2. The first-order valence-electron chi connectivity index (χ1n) is 4.55. The number of anilines is 1. The largest absolute Gasteiger partial charge is 0.495 e. The van der Waals surface area contributed by atoms with Crippen molar-refractivity contribution in [2.24, 2.45) is 0 Å². The molecular formula is C11H12N2O3. The summed E-state index contributed by atoms with van der Waals surface area (Å²) in [5.41, 5.74) is 6.88. The molecule has 0 aromatic heterocycles. The van der Waals surface area contributed by atoms with Crippen LogP contribution >= 0.6 is 0 Å². The fourth-order valence-electron chi connectivity index (χ4n) is 1.40. The topological polar surface area (TPSA) is 85.3 Å². The van der Waals surface area contributed by atoms with Gasteiger partial charge in [-0.2, -0.15) is 5.26 Å². The Balaban J connectivity index is 3.21. The maximum absolute atomic E-state index is 11.2. The second-order valence-corrected chi connectivity index (χ2v) is 3.13. The second-order valence-electron chi connectivity index (χ2n) is 3.13. The maximum atomic E-state index is 11.2. The molecule has 0 saturated heterocycles. The summed E-state index contributed by atoms with van der Waals surface area (Å²) < 4.78 is 9.63. The third kappa shape index (κ3) is 2.42. The van der Waals surface area contributed by atoms with E-state index < -0.39 is 5.97 Å². The number of nitrogens with two attached hydrogens (primary N) is 1. The number of nitriles is 1. The van der Waals surface area contributed by atoms with Crippen LogP contribution in [-0.2, 0) is 16.0 Å². The molecule has 0 heterocycles. The predicted octanol–water partition coefficient (Wildman–Crippen LogP) is 0.865. The van der Waals surface area contributed by atoms with E-state index in [1.165, 1.54) is 20.3 Å². The van der Waals surface area contributed by atoms with Gasteiger partial charge in [0.2, 0.25) is 0 Å². The van der Waals surface area contributed by atoms with Gasteiger partial charge in [-0.1, -0.05) is 0 Å². The van der Waals surface area contributed by atoms with Gasteiger partial charge in [0, 0.05) is 11.3 Å². The molecule has 1 aromatic rings. The molecule has 0 spiro atoms. The van der Waals surface area contributed by atoms with Crippen molar-refractivity contribution in [2.45, 2.75) is 6.42 Å². The van der Waals surface area contributed by atoms with Gasteiger partial charge in [-0.25, -0.2) is 0 Å². The average Bonchev–Trinajstić information content (AvgIpc) is 2.28. The zero-order chi connectivity index (χ0) is 12.1. The van der Waals surface area contributed by atoms with Crippen LogP contribution in [0.5, 0.6) is 5.75 Å². The number of methoxy groups -OCH3 is 2. The molecule has 0 bridgehead atoms. The Morgan fingerprint density at radius 3 is 2.69 bits per heavy atom. The number of hydrogen-bond acceptors (Lipinski definition) is 5. The summed E-state index contributed by atoms with van der Waals surface area (Å²) in [6.07, 6.45) is 0.0272. The monoisotopic (exact) mass is 220 g/mol. The van der Waals surface area contributed by atoms with Crippen molar-refractivity contribution in [1.82, 2.24) is 0 Å². The van der Waals surface area contributed by atoms with Gasteiger partial charge in [-0.15, -0.1) is 0 Å². The number of rotatable bonds is 3. The molecular weight excluding hydrogens is 208 g/mol. The van der Waals surface area contributed by atoms with Crippen LogP contribution in [0, 0.1) is 11.3 Å². The first-order chi connectivity index (χ1) is 7.62. The first-order valence-corrected chi connectivity index (χ1v) is 4.55. The second kappa shape index (κ2) is 5.03. The number of esters is 1. The van der Waals surface area contributed by atoms with Gasteiger partial charge < -0.3 is 15.2 Å². The summed E-state index contributed by atoms with van der Waals surface area (Å²) in [6, 6.07) is 5.06. The van der Waals surface area contributed by atoms with E-state index in [2.05, 4.69) is 4.74 Å². The number of carbonyl (C=O) groups excluding carboxylic acids is 1. The predicted molar refractivity (Wildman–Crippen MR) is 57.8 cm³/mol. The number of carbonyl (C=O) groups is 1. The molecule has 1 aromatic carbocycles. The molecule has 5 heteroatoms. The highest BCUT2D eigenvalue weighted by molar-refractivity contribution is 5.75. The molecule has 0 unspecified atom stereocenters. The summed E-state index contributed by atoms with van der Waals surface area (Å²) in [5, 5.41) is 8.89. The molecule has 0 atom stereocenters. The Morgan fingerprint density at radius 1 is 1.50 bits per heavy atom. The number of nitrogen functional groups attached to an aromatic ring is 1. The number of ether oxygens (including phenoxy) is 2. The van der Waals surface area contributed by atoms with Crippen molar-refractivity contribution in [3.63, 3.8) is 0 Å². The highest BCUT2D eigenvalue weighted by atomic mass is 16.5. The first kappa shape index (κ1) is 11.9. The van der Waals surface area contributed by atoms with E-state index >= 15 is 0 Å². The average molecular weight is 220 g/mol. The standard InChI is InChI=1S/C11H12N2O3/c1-15-10(14)5-7-3-9(13)4-8(6-12)11(7)16-2/h3-4H,5,13H2,1-2H3. The number of benzene rings is 1. The van der Waals surface area contributed by atoms with Gasteiger partial charge in [0.25, 0.3) is 0 Å². The fourth-order valence-corrected chi connectivity index (χ4v) is 1.40. The third-order valence-corrected chi connectivity index (χ3v) is 2.08.